The molecule has 0 aliphatic heterocycles. The molecule has 0 atom stereocenters. The number of phenolic OH excluding ortho intramolecular Hbond substituents is 1. The van der Waals surface area contributed by atoms with Crippen molar-refractivity contribution in [1.82, 2.24) is 5.32 Å². The molecular formula is C12H18N2O2. The van der Waals surface area contributed by atoms with E-state index in [1.165, 1.54) is 0 Å². The number of hydrogen-bond acceptors (Lipinski definition) is 3. The first-order chi connectivity index (χ1) is 7.37. The maximum atomic E-state index is 11.9. The Kier molecular flexibility index (Phi) is 3.42. The minimum atomic E-state index is -0.309. The summed E-state index contributed by atoms with van der Waals surface area (Å²) in [5.74, 6) is -0.469. The highest BCUT2D eigenvalue weighted by Crippen LogP contribution is 2.24. The van der Waals surface area contributed by atoms with Crippen LogP contribution in [-0.4, -0.2) is 16.6 Å². The molecule has 0 spiro atoms. The number of carbonyl (C=O) groups is 1. The normalized spacial score (nSPS) is 11.2. The SMILES string of the molecule is CCC(C)(C)NC(=O)c1cccc(N)c1O. The standard InChI is InChI=1S/C12H18N2O2/c1-4-12(2,3)14-11(16)8-6-5-7-9(13)10(8)15/h5-7,15H,4,13H2,1-3H3,(H,14,16). The van der Waals surface area contributed by atoms with Crippen LogP contribution in [0.3, 0.4) is 0 Å². The third-order valence-electron chi connectivity index (χ3n) is 2.65. The number of anilines is 1. The number of phenols is 1. The summed E-state index contributed by atoms with van der Waals surface area (Å²) >= 11 is 0. The Morgan fingerprint density at radius 3 is 2.69 bits per heavy atom. The maximum absolute atomic E-state index is 11.9. The molecule has 0 fully saturated rings. The zero-order valence-electron chi connectivity index (χ0n) is 9.87. The molecule has 0 saturated carbocycles. The van der Waals surface area contributed by atoms with Crippen molar-refractivity contribution in [1.29, 1.82) is 0 Å². The molecule has 4 heteroatoms. The first-order valence-electron chi connectivity index (χ1n) is 5.27. The predicted molar refractivity (Wildman–Crippen MR) is 64.4 cm³/mol. The van der Waals surface area contributed by atoms with Gasteiger partial charge in [0, 0.05) is 5.54 Å². The van der Waals surface area contributed by atoms with E-state index in [0.717, 1.165) is 6.42 Å². The Hall–Kier alpha value is -1.71. The second-order valence-corrected chi connectivity index (χ2v) is 4.43. The van der Waals surface area contributed by atoms with Crippen molar-refractivity contribution >= 4 is 11.6 Å². The van der Waals surface area contributed by atoms with Crippen LogP contribution in [0.25, 0.3) is 0 Å². The van der Waals surface area contributed by atoms with Gasteiger partial charge in [0.1, 0.15) is 0 Å². The molecule has 88 valence electrons. The number of rotatable bonds is 3. The number of nitrogens with one attached hydrogen (secondary N) is 1. The van der Waals surface area contributed by atoms with Crippen LogP contribution < -0.4 is 11.1 Å². The number of benzene rings is 1. The zero-order valence-corrected chi connectivity index (χ0v) is 9.87. The fourth-order valence-corrected chi connectivity index (χ4v) is 1.21. The summed E-state index contributed by atoms with van der Waals surface area (Å²) in [4.78, 5) is 11.9. The Morgan fingerprint density at radius 1 is 1.50 bits per heavy atom. The van der Waals surface area contributed by atoms with Crippen LogP contribution in [0.5, 0.6) is 5.75 Å². The van der Waals surface area contributed by atoms with E-state index in [0.29, 0.717) is 0 Å². The van der Waals surface area contributed by atoms with Crippen molar-refractivity contribution in [3.63, 3.8) is 0 Å². The lowest BCUT2D eigenvalue weighted by molar-refractivity contribution is 0.0908. The van der Waals surface area contributed by atoms with E-state index in [-0.39, 0.29) is 28.4 Å². The number of nitrogens with two attached hydrogens (primary N) is 1. The van der Waals surface area contributed by atoms with Gasteiger partial charge in [0.25, 0.3) is 5.91 Å². The number of nitrogen functional groups attached to an aromatic ring is 1. The van der Waals surface area contributed by atoms with E-state index >= 15 is 0 Å². The number of carbonyl (C=O) groups excluding carboxylic acids is 1. The molecule has 0 aliphatic carbocycles. The Labute approximate surface area is 95.5 Å². The van der Waals surface area contributed by atoms with Crippen LogP contribution in [0.1, 0.15) is 37.6 Å². The lowest BCUT2D eigenvalue weighted by atomic mass is 10.0. The third-order valence-corrected chi connectivity index (χ3v) is 2.65. The molecule has 1 aromatic carbocycles. The number of aromatic hydroxyl groups is 1. The quantitative estimate of drug-likeness (QED) is 0.540. The summed E-state index contributed by atoms with van der Waals surface area (Å²) in [6.07, 6.45) is 0.807. The van der Waals surface area contributed by atoms with Crippen LogP contribution >= 0.6 is 0 Å². The van der Waals surface area contributed by atoms with Gasteiger partial charge in [-0.05, 0) is 32.4 Å². The van der Waals surface area contributed by atoms with Crippen molar-refractivity contribution in [2.24, 2.45) is 0 Å². The topological polar surface area (TPSA) is 75.4 Å². The van der Waals surface area contributed by atoms with Gasteiger partial charge in [-0.1, -0.05) is 13.0 Å². The van der Waals surface area contributed by atoms with Gasteiger partial charge in [-0.3, -0.25) is 4.79 Å². The van der Waals surface area contributed by atoms with Gasteiger partial charge in [0.2, 0.25) is 0 Å². The van der Waals surface area contributed by atoms with E-state index in [4.69, 9.17) is 5.73 Å². The summed E-state index contributed by atoms with van der Waals surface area (Å²) in [6.45, 7) is 5.84. The Bertz CT molecular complexity index is 400. The van der Waals surface area contributed by atoms with Crippen LogP contribution in [0, 0.1) is 0 Å². The molecule has 1 rings (SSSR count). The molecule has 16 heavy (non-hydrogen) atoms. The average molecular weight is 222 g/mol. The van der Waals surface area contributed by atoms with Crippen molar-refractivity contribution in [2.45, 2.75) is 32.7 Å². The monoisotopic (exact) mass is 222 g/mol. The van der Waals surface area contributed by atoms with Gasteiger partial charge in [-0.2, -0.15) is 0 Å². The number of hydrogen-bond donors (Lipinski definition) is 3. The molecule has 1 aromatic rings. The lowest BCUT2D eigenvalue weighted by Gasteiger charge is -2.24. The third kappa shape index (κ3) is 2.66. The van der Waals surface area contributed by atoms with Gasteiger partial charge < -0.3 is 16.2 Å². The highest BCUT2D eigenvalue weighted by Gasteiger charge is 2.21. The maximum Gasteiger partial charge on any atom is 0.255 e. The van der Waals surface area contributed by atoms with Gasteiger partial charge >= 0.3 is 0 Å². The molecule has 0 aromatic heterocycles. The molecule has 4 nitrogen and oxygen atoms in total. The molecule has 1 amide bonds. The van der Waals surface area contributed by atoms with Crippen molar-refractivity contribution in [3.8, 4) is 5.75 Å². The zero-order chi connectivity index (χ0) is 12.3. The predicted octanol–water partition coefficient (Wildman–Crippen LogP) is 1.89. The van der Waals surface area contributed by atoms with Gasteiger partial charge in [0.15, 0.2) is 5.75 Å². The van der Waals surface area contributed by atoms with E-state index in [2.05, 4.69) is 5.32 Å². The smallest absolute Gasteiger partial charge is 0.255 e. The Balaban J connectivity index is 2.94. The number of para-hydroxylation sites is 1. The first kappa shape index (κ1) is 12.4. The fourth-order valence-electron chi connectivity index (χ4n) is 1.21. The minimum absolute atomic E-state index is 0.160. The van der Waals surface area contributed by atoms with Gasteiger partial charge in [0.05, 0.1) is 11.3 Å². The van der Waals surface area contributed by atoms with Crippen LogP contribution in [-0.2, 0) is 0 Å². The fraction of sp³-hybridized carbons (Fsp3) is 0.417. The molecule has 0 unspecified atom stereocenters. The van der Waals surface area contributed by atoms with Gasteiger partial charge in [-0.15, -0.1) is 0 Å². The molecule has 0 heterocycles. The van der Waals surface area contributed by atoms with Crippen LogP contribution in [0.15, 0.2) is 18.2 Å². The summed E-state index contributed by atoms with van der Waals surface area (Å²) in [7, 11) is 0. The second-order valence-electron chi connectivity index (χ2n) is 4.43. The molecule has 0 bridgehead atoms. The summed E-state index contributed by atoms with van der Waals surface area (Å²) in [6, 6.07) is 4.74. The molecule has 0 radical (unpaired) electrons. The minimum Gasteiger partial charge on any atom is -0.505 e. The number of amides is 1. The molecule has 0 saturated heterocycles. The molecular weight excluding hydrogens is 204 g/mol. The van der Waals surface area contributed by atoms with E-state index < -0.39 is 0 Å². The molecule has 4 N–H and O–H groups in total. The van der Waals surface area contributed by atoms with Crippen LogP contribution in [0.2, 0.25) is 0 Å². The second kappa shape index (κ2) is 4.43. The summed E-state index contributed by atoms with van der Waals surface area (Å²) in [5, 5.41) is 12.5. The largest absolute Gasteiger partial charge is 0.505 e. The van der Waals surface area contributed by atoms with Crippen molar-refractivity contribution in [2.75, 3.05) is 5.73 Å². The van der Waals surface area contributed by atoms with Gasteiger partial charge in [-0.25, -0.2) is 0 Å². The highest BCUT2D eigenvalue weighted by molar-refractivity contribution is 5.98. The molecule has 0 aliphatic rings. The van der Waals surface area contributed by atoms with Crippen LogP contribution in [0.4, 0.5) is 5.69 Å². The summed E-state index contributed by atoms with van der Waals surface area (Å²) < 4.78 is 0. The highest BCUT2D eigenvalue weighted by atomic mass is 16.3. The summed E-state index contributed by atoms with van der Waals surface area (Å²) in [5.41, 5.74) is 5.65. The average Bonchev–Trinajstić information content (AvgIpc) is 2.21. The van der Waals surface area contributed by atoms with E-state index in [9.17, 15) is 9.90 Å². The van der Waals surface area contributed by atoms with E-state index in [1.54, 1.807) is 18.2 Å². The van der Waals surface area contributed by atoms with Crippen molar-refractivity contribution in [3.05, 3.63) is 23.8 Å². The Morgan fingerprint density at radius 2 is 2.12 bits per heavy atom. The van der Waals surface area contributed by atoms with Crippen molar-refractivity contribution < 1.29 is 9.90 Å². The van der Waals surface area contributed by atoms with E-state index in [1.807, 2.05) is 20.8 Å². The first-order valence-corrected chi connectivity index (χ1v) is 5.27. The lowest BCUT2D eigenvalue weighted by Crippen LogP contribution is -2.42.